The van der Waals surface area contributed by atoms with E-state index in [1.165, 1.54) is 9.36 Å². The molecule has 0 saturated carbocycles. The van der Waals surface area contributed by atoms with E-state index in [1.807, 2.05) is 18.2 Å². The lowest BCUT2D eigenvalue weighted by atomic mass is 9.96. The number of rotatable bonds is 3. The van der Waals surface area contributed by atoms with Crippen LogP contribution < -0.4 is 0 Å². The third-order valence-corrected chi connectivity index (χ3v) is 3.82. The van der Waals surface area contributed by atoms with Gasteiger partial charge in [0.2, 0.25) is 0 Å². The molecule has 3 rings (SSSR count). The molecule has 0 bridgehead atoms. The van der Waals surface area contributed by atoms with Gasteiger partial charge in [-0.15, -0.1) is 0 Å². The molecule has 0 aliphatic heterocycles. The Morgan fingerprint density at radius 2 is 1.91 bits per heavy atom. The highest BCUT2D eigenvalue weighted by atomic mass is 16.2. The molecule has 0 amide bonds. The van der Waals surface area contributed by atoms with Crippen LogP contribution >= 0.6 is 0 Å². The molecule has 3 aromatic rings. The summed E-state index contributed by atoms with van der Waals surface area (Å²) in [7, 11) is 0. The second kappa shape index (κ2) is 6.20. The maximum Gasteiger partial charge on any atom is 0.369 e. The van der Waals surface area contributed by atoms with E-state index in [2.05, 4.69) is 43.1 Å². The van der Waals surface area contributed by atoms with Crippen LogP contribution in [0.5, 0.6) is 0 Å². The summed E-state index contributed by atoms with van der Waals surface area (Å²) >= 11 is 0. The van der Waals surface area contributed by atoms with Gasteiger partial charge in [-0.05, 0) is 24.0 Å². The van der Waals surface area contributed by atoms with Crippen LogP contribution in [0, 0.1) is 0 Å². The van der Waals surface area contributed by atoms with Gasteiger partial charge < -0.3 is 0 Å². The molecule has 2 heterocycles. The molecule has 0 N–H and O–H groups in total. The molecular formula is C18H20N4O. The highest BCUT2D eigenvalue weighted by Gasteiger charge is 2.24. The monoisotopic (exact) mass is 308 g/mol. The third-order valence-electron chi connectivity index (χ3n) is 3.82. The molecule has 0 unspecified atom stereocenters. The molecule has 0 radical (unpaired) electrons. The number of hydrogen-bond acceptors (Lipinski definition) is 3. The molecule has 5 nitrogen and oxygen atoms in total. The zero-order valence-electron chi connectivity index (χ0n) is 13.6. The topological polar surface area (TPSA) is 52.7 Å². The fraction of sp³-hybridized carbons (Fsp3) is 0.278. The SMILES string of the molecule is CCc1nn(C(=O)n2cccn2)c(C(C)C)c1-c1ccccc1. The van der Waals surface area contributed by atoms with Gasteiger partial charge in [-0.2, -0.15) is 19.6 Å². The minimum absolute atomic E-state index is 0.164. The van der Waals surface area contributed by atoms with Gasteiger partial charge in [-0.3, -0.25) is 0 Å². The molecule has 0 spiro atoms. The van der Waals surface area contributed by atoms with Crippen molar-refractivity contribution in [2.24, 2.45) is 0 Å². The number of nitrogens with zero attached hydrogens (tertiary/aromatic N) is 4. The number of aromatic nitrogens is 4. The molecule has 1 aromatic carbocycles. The molecule has 0 aliphatic rings. The highest BCUT2D eigenvalue weighted by Crippen LogP contribution is 2.33. The van der Waals surface area contributed by atoms with Gasteiger partial charge in [0.15, 0.2) is 0 Å². The van der Waals surface area contributed by atoms with E-state index in [9.17, 15) is 4.79 Å². The lowest BCUT2D eigenvalue weighted by molar-refractivity contribution is 0.237. The van der Waals surface area contributed by atoms with Gasteiger partial charge in [0.1, 0.15) is 0 Å². The van der Waals surface area contributed by atoms with Crippen molar-refractivity contribution in [3.05, 3.63) is 60.2 Å². The first kappa shape index (κ1) is 15.2. The first-order chi connectivity index (χ1) is 11.1. The van der Waals surface area contributed by atoms with Crippen LogP contribution in [-0.2, 0) is 6.42 Å². The second-order valence-corrected chi connectivity index (χ2v) is 5.73. The quantitative estimate of drug-likeness (QED) is 0.736. The Morgan fingerprint density at radius 3 is 2.48 bits per heavy atom. The summed E-state index contributed by atoms with van der Waals surface area (Å²) in [5, 5.41) is 8.63. The highest BCUT2D eigenvalue weighted by molar-refractivity contribution is 5.82. The zero-order valence-corrected chi connectivity index (χ0v) is 13.6. The average molecular weight is 308 g/mol. The summed E-state index contributed by atoms with van der Waals surface area (Å²) in [4.78, 5) is 12.7. The van der Waals surface area contributed by atoms with Gasteiger partial charge >= 0.3 is 6.03 Å². The summed E-state index contributed by atoms with van der Waals surface area (Å²) in [5.41, 5.74) is 4.00. The van der Waals surface area contributed by atoms with Gasteiger partial charge in [0, 0.05) is 18.0 Å². The molecule has 0 saturated heterocycles. The van der Waals surface area contributed by atoms with E-state index in [0.29, 0.717) is 0 Å². The van der Waals surface area contributed by atoms with E-state index in [-0.39, 0.29) is 11.9 Å². The van der Waals surface area contributed by atoms with Crippen molar-refractivity contribution in [3.8, 4) is 11.1 Å². The minimum atomic E-state index is -0.254. The van der Waals surface area contributed by atoms with Crippen LogP contribution in [0.3, 0.4) is 0 Å². The molecule has 0 fully saturated rings. The van der Waals surface area contributed by atoms with Crippen molar-refractivity contribution in [1.82, 2.24) is 19.6 Å². The molecule has 0 atom stereocenters. The zero-order chi connectivity index (χ0) is 16.4. The van der Waals surface area contributed by atoms with Crippen LogP contribution in [-0.4, -0.2) is 25.6 Å². The number of benzene rings is 1. The lowest BCUT2D eigenvalue weighted by Gasteiger charge is -2.12. The third kappa shape index (κ3) is 2.70. The molecular weight excluding hydrogens is 288 g/mol. The van der Waals surface area contributed by atoms with E-state index in [4.69, 9.17) is 0 Å². The summed E-state index contributed by atoms with van der Waals surface area (Å²) in [5.74, 6) is 0.164. The summed E-state index contributed by atoms with van der Waals surface area (Å²) < 4.78 is 2.81. The average Bonchev–Trinajstić information content (AvgIpc) is 3.22. The van der Waals surface area contributed by atoms with Crippen molar-refractivity contribution >= 4 is 6.03 Å². The predicted octanol–water partition coefficient (Wildman–Crippen LogP) is 3.95. The molecule has 5 heteroatoms. The Balaban J connectivity index is 2.22. The van der Waals surface area contributed by atoms with Crippen molar-refractivity contribution < 1.29 is 4.79 Å². The Bertz CT molecular complexity index is 801. The molecule has 118 valence electrons. The first-order valence-corrected chi connectivity index (χ1v) is 7.85. The van der Waals surface area contributed by atoms with Crippen LogP contribution in [0.15, 0.2) is 48.8 Å². The maximum atomic E-state index is 12.7. The van der Waals surface area contributed by atoms with Gasteiger partial charge in [0.25, 0.3) is 0 Å². The van der Waals surface area contributed by atoms with Crippen LogP contribution in [0.4, 0.5) is 4.79 Å². The fourth-order valence-corrected chi connectivity index (χ4v) is 2.80. The molecule has 2 aromatic heterocycles. The summed E-state index contributed by atoms with van der Waals surface area (Å²) in [6.45, 7) is 6.22. The Hall–Kier alpha value is -2.69. The van der Waals surface area contributed by atoms with Crippen molar-refractivity contribution in [2.75, 3.05) is 0 Å². The van der Waals surface area contributed by atoms with Crippen molar-refractivity contribution in [2.45, 2.75) is 33.1 Å². The summed E-state index contributed by atoms with van der Waals surface area (Å²) in [6.07, 6.45) is 4.00. The first-order valence-electron chi connectivity index (χ1n) is 7.85. The largest absolute Gasteiger partial charge is 0.369 e. The normalized spacial score (nSPS) is 11.1. The predicted molar refractivity (Wildman–Crippen MR) is 89.5 cm³/mol. The van der Waals surface area contributed by atoms with Crippen molar-refractivity contribution in [3.63, 3.8) is 0 Å². The summed E-state index contributed by atoms with van der Waals surface area (Å²) in [6, 6.07) is 11.6. The Morgan fingerprint density at radius 1 is 1.17 bits per heavy atom. The van der Waals surface area contributed by atoms with Gasteiger partial charge in [-0.1, -0.05) is 51.1 Å². The van der Waals surface area contributed by atoms with Crippen LogP contribution in [0.2, 0.25) is 0 Å². The van der Waals surface area contributed by atoms with E-state index in [1.54, 1.807) is 18.5 Å². The number of carbonyl (C=O) groups is 1. The van der Waals surface area contributed by atoms with Gasteiger partial charge in [0.05, 0.1) is 11.4 Å². The second-order valence-electron chi connectivity index (χ2n) is 5.73. The Kier molecular flexibility index (Phi) is 4.10. The molecule has 0 aliphatic carbocycles. The minimum Gasteiger partial charge on any atom is -0.244 e. The number of aryl methyl sites for hydroxylation is 1. The van der Waals surface area contributed by atoms with E-state index < -0.39 is 0 Å². The fourth-order valence-electron chi connectivity index (χ4n) is 2.80. The smallest absolute Gasteiger partial charge is 0.244 e. The standard InChI is InChI=1S/C18H20N4O/c1-4-15-16(14-9-6-5-7-10-14)17(13(2)3)22(20-15)18(23)21-12-8-11-19-21/h5-13H,4H2,1-3H3. The van der Waals surface area contributed by atoms with E-state index >= 15 is 0 Å². The maximum absolute atomic E-state index is 12.7. The number of hydrogen-bond donors (Lipinski definition) is 0. The lowest BCUT2D eigenvalue weighted by Crippen LogP contribution is -2.23. The number of carbonyl (C=O) groups excluding carboxylic acids is 1. The molecule has 23 heavy (non-hydrogen) atoms. The van der Waals surface area contributed by atoms with Crippen LogP contribution in [0.1, 0.15) is 38.1 Å². The Labute approximate surface area is 135 Å². The van der Waals surface area contributed by atoms with E-state index in [0.717, 1.165) is 28.9 Å². The van der Waals surface area contributed by atoms with Gasteiger partial charge in [-0.25, -0.2) is 4.79 Å². The van der Waals surface area contributed by atoms with Crippen LogP contribution in [0.25, 0.3) is 11.1 Å². The van der Waals surface area contributed by atoms with Crippen molar-refractivity contribution in [1.29, 1.82) is 0 Å².